The predicted octanol–water partition coefficient (Wildman–Crippen LogP) is 4.40. The third-order valence-electron chi connectivity index (χ3n) is 5.04. The van der Waals surface area contributed by atoms with E-state index in [0.717, 1.165) is 44.8 Å². The number of hydrogen-bond acceptors (Lipinski definition) is 2. The summed E-state index contributed by atoms with van der Waals surface area (Å²) in [5, 5.41) is 3.23. The summed E-state index contributed by atoms with van der Waals surface area (Å²) in [7, 11) is 0. The van der Waals surface area contributed by atoms with Gasteiger partial charge in [-0.05, 0) is 30.4 Å². The first-order chi connectivity index (χ1) is 11.0. The van der Waals surface area contributed by atoms with Gasteiger partial charge in [-0.15, -0.1) is 12.4 Å². The molecule has 24 heavy (non-hydrogen) atoms. The predicted molar refractivity (Wildman–Crippen MR) is 87.8 cm³/mol. The normalized spacial score (nSPS) is 21.5. The Hall–Kier alpha value is -0.850. The number of rotatable bonds is 3. The van der Waals surface area contributed by atoms with E-state index < -0.39 is 17.6 Å². The molecule has 0 aromatic heterocycles. The van der Waals surface area contributed by atoms with Crippen LogP contribution in [0, 0.1) is 11.7 Å². The van der Waals surface area contributed by atoms with E-state index in [4.69, 9.17) is 0 Å². The molecule has 1 atom stereocenters. The molecule has 1 saturated carbocycles. The van der Waals surface area contributed by atoms with E-state index in [1.54, 1.807) is 0 Å². The third kappa shape index (κ3) is 4.03. The number of hydrogen-bond donors (Lipinski definition) is 1. The zero-order chi connectivity index (χ0) is 16.4. The number of nitrogens with zero attached hydrogens (tertiary/aromatic N) is 1. The first-order valence-corrected chi connectivity index (χ1v) is 8.29. The maximum Gasteiger partial charge on any atom is 0.419 e. The molecule has 1 aromatic carbocycles. The lowest BCUT2D eigenvalue weighted by Gasteiger charge is -2.39. The van der Waals surface area contributed by atoms with Gasteiger partial charge in [-0.3, -0.25) is 4.90 Å². The quantitative estimate of drug-likeness (QED) is 0.797. The van der Waals surface area contributed by atoms with Gasteiger partial charge in [-0.2, -0.15) is 13.2 Å². The van der Waals surface area contributed by atoms with Gasteiger partial charge >= 0.3 is 6.18 Å². The van der Waals surface area contributed by atoms with Crippen molar-refractivity contribution >= 4 is 12.4 Å². The number of halogens is 5. The van der Waals surface area contributed by atoms with Gasteiger partial charge in [-0.1, -0.05) is 25.0 Å². The van der Waals surface area contributed by atoms with Crippen LogP contribution in [0.15, 0.2) is 18.2 Å². The molecule has 3 rings (SSSR count). The number of piperazine rings is 1. The molecule has 1 aliphatic heterocycles. The van der Waals surface area contributed by atoms with Crippen LogP contribution >= 0.6 is 12.4 Å². The fraction of sp³-hybridized carbons (Fsp3) is 0.647. The fourth-order valence-electron chi connectivity index (χ4n) is 4.07. The van der Waals surface area contributed by atoms with Crippen molar-refractivity contribution in [2.24, 2.45) is 5.92 Å². The molecule has 0 bridgehead atoms. The minimum absolute atomic E-state index is 0. The summed E-state index contributed by atoms with van der Waals surface area (Å²) in [5.41, 5.74) is -0.957. The Balaban J connectivity index is 0.00000208. The van der Waals surface area contributed by atoms with Crippen LogP contribution in [0.2, 0.25) is 0 Å². The zero-order valence-electron chi connectivity index (χ0n) is 13.4. The standard InChI is InChI=1S/C17H22F4N2.ClH/c18-14-7-3-6-13(15(14)17(19,20)21)16(12-4-1-2-5-12)23-10-8-22-9-11-23;/h3,6-7,12,16,22H,1-2,4-5,8-11H2;1H/t16-;/m1./s1. The van der Waals surface area contributed by atoms with Crippen LogP contribution in [0.3, 0.4) is 0 Å². The highest BCUT2D eigenvalue weighted by atomic mass is 35.5. The minimum atomic E-state index is -4.66. The van der Waals surface area contributed by atoms with Crippen LogP contribution in [0.4, 0.5) is 17.6 Å². The van der Waals surface area contributed by atoms with E-state index in [0.29, 0.717) is 13.1 Å². The molecule has 136 valence electrons. The molecule has 7 heteroatoms. The molecule has 0 amide bonds. The van der Waals surface area contributed by atoms with Crippen molar-refractivity contribution in [1.82, 2.24) is 10.2 Å². The van der Waals surface area contributed by atoms with Gasteiger partial charge in [0, 0.05) is 32.2 Å². The Morgan fingerprint density at radius 1 is 1.08 bits per heavy atom. The smallest absolute Gasteiger partial charge is 0.314 e. The number of alkyl halides is 3. The van der Waals surface area contributed by atoms with Gasteiger partial charge in [0.1, 0.15) is 5.82 Å². The molecule has 2 nitrogen and oxygen atoms in total. The van der Waals surface area contributed by atoms with E-state index in [1.807, 2.05) is 0 Å². The Labute approximate surface area is 146 Å². The van der Waals surface area contributed by atoms with Gasteiger partial charge in [0.05, 0.1) is 5.56 Å². The molecule has 1 heterocycles. The molecule has 0 spiro atoms. The SMILES string of the molecule is Cl.Fc1cccc([C@@H](C2CCCC2)N2CCNCC2)c1C(F)(F)F. The highest BCUT2D eigenvalue weighted by Gasteiger charge is 2.42. The van der Waals surface area contributed by atoms with Gasteiger partial charge in [0.2, 0.25) is 0 Å². The van der Waals surface area contributed by atoms with Gasteiger partial charge < -0.3 is 5.32 Å². The van der Waals surface area contributed by atoms with E-state index in [9.17, 15) is 17.6 Å². The average Bonchev–Trinajstić information content (AvgIpc) is 3.01. The highest BCUT2D eigenvalue weighted by Crippen LogP contribution is 2.45. The van der Waals surface area contributed by atoms with E-state index in [1.165, 1.54) is 12.1 Å². The first kappa shape index (κ1) is 19.5. The number of nitrogens with one attached hydrogen (secondary N) is 1. The van der Waals surface area contributed by atoms with Crippen LogP contribution in [0.1, 0.15) is 42.9 Å². The van der Waals surface area contributed by atoms with Crippen molar-refractivity contribution < 1.29 is 17.6 Å². The van der Waals surface area contributed by atoms with Gasteiger partial charge in [0.15, 0.2) is 0 Å². The summed E-state index contributed by atoms with van der Waals surface area (Å²) in [5.74, 6) is -0.982. The molecule has 2 aliphatic rings. The topological polar surface area (TPSA) is 15.3 Å². The van der Waals surface area contributed by atoms with Crippen molar-refractivity contribution in [1.29, 1.82) is 0 Å². The molecule has 0 radical (unpaired) electrons. The fourth-order valence-corrected chi connectivity index (χ4v) is 4.07. The van der Waals surface area contributed by atoms with E-state index in [2.05, 4.69) is 10.2 Å². The van der Waals surface area contributed by atoms with Crippen molar-refractivity contribution in [3.63, 3.8) is 0 Å². The van der Waals surface area contributed by atoms with Crippen LogP contribution < -0.4 is 5.32 Å². The summed E-state index contributed by atoms with van der Waals surface area (Å²) in [6.07, 6.45) is -0.732. The maximum atomic E-state index is 14.0. The van der Waals surface area contributed by atoms with Crippen LogP contribution in [-0.4, -0.2) is 31.1 Å². The molecule has 1 aromatic rings. The summed E-state index contributed by atoms with van der Waals surface area (Å²) >= 11 is 0. The summed E-state index contributed by atoms with van der Waals surface area (Å²) < 4.78 is 54.4. The van der Waals surface area contributed by atoms with Gasteiger partial charge in [0.25, 0.3) is 0 Å². The van der Waals surface area contributed by atoms with Crippen molar-refractivity contribution in [2.75, 3.05) is 26.2 Å². The average molecular weight is 367 g/mol. The summed E-state index contributed by atoms with van der Waals surface area (Å²) in [6.45, 7) is 2.93. The molecular weight excluding hydrogens is 344 g/mol. The van der Waals surface area contributed by atoms with Crippen LogP contribution in [0.5, 0.6) is 0 Å². The Bertz CT molecular complexity index is 538. The van der Waals surface area contributed by atoms with Crippen LogP contribution in [0.25, 0.3) is 0 Å². The molecular formula is C17H23ClF4N2. The lowest BCUT2D eigenvalue weighted by Crippen LogP contribution is -2.47. The van der Waals surface area contributed by atoms with Crippen LogP contribution in [-0.2, 0) is 6.18 Å². The van der Waals surface area contributed by atoms with E-state index in [-0.39, 0.29) is 29.9 Å². The molecule has 2 fully saturated rings. The molecule has 1 aliphatic carbocycles. The highest BCUT2D eigenvalue weighted by molar-refractivity contribution is 5.85. The molecule has 0 unspecified atom stereocenters. The monoisotopic (exact) mass is 366 g/mol. The summed E-state index contributed by atoms with van der Waals surface area (Å²) in [4.78, 5) is 2.11. The zero-order valence-corrected chi connectivity index (χ0v) is 14.2. The lowest BCUT2D eigenvalue weighted by atomic mass is 9.86. The minimum Gasteiger partial charge on any atom is -0.314 e. The van der Waals surface area contributed by atoms with Crippen molar-refractivity contribution in [2.45, 2.75) is 37.9 Å². The van der Waals surface area contributed by atoms with E-state index >= 15 is 0 Å². The van der Waals surface area contributed by atoms with Crippen molar-refractivity contribution in [3.8, 4) is 0 Å². The Morgan fingerprint density at radius 3 is 2.29 bits per heavy atom. The second-order valence-electron chi connectivity index (χ2n) is 6.48. The van der Waals surface area contributed by atoms with Gasteiger partial charge in [-0.25, -0.2) is 4.39 Å². The summed E-state index contributed by atoms with van der Waals surface area (Å²) in [6, 6.07) is 3.45. The Morgan fingerprint density at radius 2 is 1.71 bits per heavy atom. The largest absolute Gasteiger partial charge is 0.419 e. The Kier molecular flexibility index (Phi) is 6.51. The maximum absolute atomic E-state index is 14.0. The molecule has 1 saturated heterocycles. The second kappa shape index (κ2) is 8.02. The second-order valence-corrected chi connectivity index (χ2v) is 6.48. The van der Waals surface area contributed by atoms with Crippen molar-refractivity contribution in [3.05, 3.63) is 35.1 Å². The third-order valence-corrected chi connectivity index (χ3v) is 5.04. The molecule has 1 N–H and O–H groups in total. The lowest BCUT2D eigenvalue weighted by molar-refractivity contribution is -0.141. The first-order valence-electron chi connectivity index (χ1n) is 8.29. The number of benzene rings is 1.